The molecule has 2 rings (SSSR count). The highest BCUT2D eigenvalue weighted by atomic mass is 19.1. The van der Waals surface area contributed by atoms with Crippen LogP contribution in [0.1, 0.15) is 16.8 Å². The molecule has 0 spiro atoms. The van der Waals surface area contributed by atoms with Gasteiger partial charge in [-0.3, -0.25) is 9.69 Å². The highest BCUT2D eigenvalue weighted by Gasteiger charge is 2.24. The van der Waals surface area contributed by atoms with Gasteiger partial charge in [0.05, 0.1) is 12.1 Å². The number of carbonyl (C=O) groups is 1. The maximum atomic E-state index is 13.4. The van der Waals surface area contributed by atoms with Gasteiger partial charge in [0.1, 0.15) is 11.6 Å². The van der Waals surface area contributed by atoms with Gasteiger partial charge in [-0.15, -0.1) is 0 Å². The Morgan fingerprint density at radius 2 is 2.22 bits per heavy atom. The first-order chi connectivity index (χ1) is 8.60. The summed E-state index contributed by atoms with van der Waals surface area (Å²) >= 11 is 0. The van der Waals surface area contributed by atoms with Crippen molar-refractivity contribution < 1.29 is 18.7 Å². The molecule has 1 N–H and O–H groups in total. The molecule has 98 valence electrons. The van der Waals surface area contributed by atoms with Gasteiger partial charge >= 0.3 is 0 Å². The third kappa shape index (κ3) is 2.91. The number of hydrogen-bond donors (Lipinski definition) is 1. The van der Waals surface area contributed by atoms with Crippen molar-refractivity contribution in [1.29, 1.82) is 0 Å². The lowest BCUT2D eigenvalue weighted by atomic mass is 10.1. The van der Waals surface area contributed by atoms with E-state index in [1.54, 1.807) is 0 Å². The molecule has 0 aliphatic carbocycles. The molecule has 1 aliphatic heterocycles. The maximum Gasteiger partial charge on any atom is 0.179 e. The van der Waals surface area contributed by atoms with Crippen LogP contribution in [0.25, 0.3) is 0 Å². The van der Waals surface area contributed by atoms with Crippen LogP contribution in [0.5, 0.6) is 0 Å². The standard InChI is InChI=1S/C13H15F2NO2/c14-10-1-2-11(12(15)5-10)13(18)7-16-4-3-9(6-16)8-17/h1-2,5,9,17H,3-4,6-8H2. The minimum absolute atomic E-state index is 0.0798. The van der Waals surface area contributed by atoms with Crippen molar-refractivity contribution in [1.82, 2.24) is 4.90 Å². The molecule has 3 nitrogen and oxygen atoms in total. The molecule has 18 heavy (non-hydrogen) atoms. The molecule has 1 aromatic carbocycles. The van der Waals surface area contributed by atoms with E-state index in [4.69, 9.17) is 5.11 Å². The lowest BCUT2D eigenvalue weighted by molar-refractivity contribution is 0.0936. The van der Waals surface area contributed by atoms with E-state index in [1.165, 1.54) is 6.07 Å². The molecular formula is C13H15F2NO2. The lowest BCUT2D eigenvalue weighted by Crippen LogP contribution is -2.28. The third-order valence-corrected chi connectivity index (χ3v) is 3.23. The third-order valence-electron chi connectivity index (χ3n) is 3.23. The molecule has 5 heteroatoms. The van der Waals surface area contributed by atoms with Gasteiger partial charge in [0, 0.05) is 19.2 Å². The van der Waals surface area contributed by atoms with Crippen molar-refractivity contribution in [2.24, 2.45) is 5.92 Å². The number of carbonyl (C=O) groups excluding carboxylic acids is 1. The monoisotopic (exact) mass is 255 g/mol. The van der Waals surface area contributed by atoms with E-state index < -0.39 is 11.6 Å². The number of halogens is 2. The van der Waals surface area contributed by atoms with Crippen LogP contribution in [-0.2, 0) is 0 Å². The Kier molecular flexibility index (Phi) is 4.04. The number of aliphatic hydroxyl groups excluding tert-OH is 1. The molecule has 0 amide bonds. The van der Waals surface area contributed by atoms with Crippen LogP contribution in [-0.4, -0.2) is 42.0 Å². The Labute approximate surface area is 104 Å². The number of nitrogens with zero attached hydrogens (tertiary/aromatic N) is 1. The van der Waals surface area contributed by atoms with Crippen molar-refractivity contribution in [2.75, 3.05) is 26.2 Å². The second kappa shape index (κ2) is 5.54. The fourth-order valence-electron chi connectivity index (χ4n) is 2.21. The van der Waals surface area contributed by atoms with E-state index in [0.29, 0.717) is 12.6 Å². The van der Waals surface area contributed by atoms with E-state index in [1.807, 2.05) is 4.90 Å². The van der Waals surface area contributed by atoms with Gasteiger partial charge in [-0.05, 0) is 31.0 Å². The Hall–Kier alpha value is -1.33. The van der Waals surface area contributed by atoms with Gasteiger partial charge in [-0.1, -0.05) is 0 Å². The summed E-state index contributed by atoms with van der Waals surface area (Å²) in [5.74, 6) is -1.68. The molecule has 0 saturated carbocycles. The van der Waals surface area contributed by atoms with E-state index in [-0.39, 0.29) is 30.4 Å². The van der Waals surface area contributed by atoms with Crippen molar-refractivity contribution in [3.8, 4) is 0 Å². The number of Topliss-reactive ketones (excluding diaryl/α,β-unsaturated/α-hetero) is 1. The van der Waals surface area contributed by atoms with Crippen LogP contribution in [0.2, 0.25) is 0 Å². The summed E-state index contributed by atoms with van der Waals surface area (Å²) in [4.78, 5) is 13.7. The molecule has 0 bridgehead atoms. The van der Waals surface area contributed by atoms with Crippen LogP contribution in [0.4, 0.5) is 8.78 Å². The molecule has 1 atom stereocenters. The molecular weight excluding hydrogens is 240 g/mol. The van der Waals surface area contributed by atoms with Gasteiger partial charge in [-0.25, -0.2) is 8.78 Å². The smallest absolute Gasteiger partial charge is 0.179 e. The van der Waals surface area contributed by atoms with Crippen molar-refractivity contribution in [2.45, 2.75) is 6.42 Å². The van der Waals surface area contributed by atoms with Crippen molar-refractivity contribution in [3.63, 3.8) is 0 Å². The van der Waals surface area contributed by atoms with Crippen LogP contribution >= 0.6 is 0 Å². The normalized spacial score (nSPS) is 20.3. The summed E-state index contributed by atoms with van der Waals surface area (Å²) in [5, 5.41) is 9.00. The Bertz CT molecular complexity index is 451. The molecule has 1 unspecified atom stereocenters. The van der Waals surface area contributed by atoms with Gasteiger partial charge in [0.15, 0.2) is 5.78 Å². The molecule has 1 saturated heterocycles. The maximum absolute atomic E-state index is 13.4. The summed E-state index contributed by atoms with van der Waals surface area (Å²) in [6.45, 7) is 1.58. The van der Waals surface area contributed by atoms with Crippen LogP contribution < -0.4 is 0 Å². The SMILES string of the molecule is O=C(CN1CCC(CO)C1)c1ccc(F)cc1F. The lowest BCUT2D eigenvalue weighted by Gasteiger charge is -2.14. The number of benzene rings is 1. The van der Waals surface area contributed by atoms with E-state index in [2.05, 4.69) is 0 Å². The molecule has 1 fully saturated rings. The molecule has 0 aromatic heterocycles. The Morgan fingerprint density at radius 1 is 1.44 bits per heavy atom. The van der Waals surface area contributed by atoms with Gasteiger partial charge in [0.2, 0.25) is 0 Å². The van der Waals surface area contributed by atoms with Gasteiger partial charge in [-0.2, -0.15) is 0 Å². The molecule has 0 radical (unpaired) electrons. The average Bonchev–Trinajstić information content (AvgIpc) is 2.76. The summed E-state index contributed by atoms with van der Waals surface area (Å²) in [6, 6.07) is 2.97. The Morgan fingerprint density at radius 3 is 2.83 bits per heavy atom. The highest BCUT2D eigenvalue weighted by Crippen LogP contribution is 2.17. The number of hydrogen-bond acceptors (Lipinski definition) is 3. The predicted molar refractivity (Wildman–Crippen MR) is 62.3 cm³/mol. The topological polar surface area (TPSA) is 40.5 Å². The first kappa shape index (κ1) is 13.1. The van der Waals surface area contributed by atoms with Gasteiger partial charge in [0.25, 0.3) is 0 Å². The number of aliphatic hydroxyl groups is 1. The quantitative estimate of drug-likeness (QED) is 0.828. The predicted octanol–water partition coefficient (Wildman–Crippen LogP) is 1.46. The average molecular weight is 255 g/mol. The van der Waals surface area contributed by atoms with Crippen LogP contribution in [0, 0.1) is 17.6 Å². The summed E-state index contributed by atoms with van der Waals surface area (Å²) < 4.78 is 26.1. The first-order valence-electron chi connectivity index (χ1n) is 5.91. The molecule has 1 heterocycles. The number of ketones is 1. The summed E-state index contributed by atoms with van der Waals surface area (Å²) in [5.41, 5.74) is -0.0798. The Balaban J connectivity index is 2.00. The van der Waals surface area contributed by atoms with Crippen LogP contribution in [0.3, 0.4) is 0 Å². The number of rotatable bonds is 4. The summed E-state index contributed by atoms with van der Waals surface area (Å²) in [6.07, 6.45) is 0.843. The fraction of sp³-hybridized carbons (Fsp3) is 0.462. The van der Waals surface area contributed by atoms with Crippen molar-refractivity contribution >= 4 is 5.78 Å². The van der Waals surface area contributed by atoms with Crippen molar-refractivity contribution in [3.05, 3.63) is 35.4 Å². The highest BCUT2D eigenvalue weighted by molar-refractivity contribution is 5.97. The van der Waals surface area contributed by atoms with E-state index in [0.717, 1.165) is 19.0 Å². The molecule has 1 aliphatic rings. The zero-order valence-electron chi connectivity index (χ0n) is 9.90. The fourth-order valence-corrected chi connectivity index (χ4v) is 2.21. The van der Waals surface area contributed by atoms with E-state index >= 15 is 0 Å². The zero-order valence-corrected chi connectivity index (χ0v) is 9.90. The minimum atomic E-state index is -0.821. The van der Waals surface area contributed by atoms with E-state index in [9.17, 15) is 13.6 Å². The first-order valence-corrected chi connectivity index (χ1v) is 5.91. The second-order valence-corrected chi connectivity index (χ2v) is 4.62. The number of likely N-dealkylation sites (tertiary alicyclic amines) is 1. The molecule has 1 aromatic rings. The zero-order chi connectivity index (χ0) is 13.1. The minimum Gasteiger partial charge on any atom is -0.396 e. The largest absolute Gasteiger partial charge is 0.396 e. The van der Waals surface area contributed by atoms with Gasteiger partial charge < -0.3 is 5.11 Å². The van der Waals surface area contributed by atoms with Crippen LogP contribution in [0.15, 0.2) is 18.2 Å². The second-order valence-electron chi connectivity index (χ2n) is 4.62. The summed E-state index contributed by atoms with van der Waals surface area (Å²) in [7, 11) is 0.